The van der Waals surface area contributed by atoms with E-state index in [9.17, 15) is 0 Å². The smallest absolute Gasteiger partial charge is 0.148 e. The maximum atomic E-state index is 5.04. The van der Waals surface area contributed by atoms with Gasteiger partial charge in [-0.15, -0.1) is 10.2 Å². The van der Waals surface area contributed by atoms with Gasteiger partial charge in [-0.2, -0.15) is 5.10 Å². The van der Waals surface area contributed by atoms with Crippen LogP contribution in [-0.2, 0) is 11.3 Å². The van der Waals surface area contributed by atoms with Crippen LogP contribution in [-0.4, -0.2) is 40.7 Å². The molecule has 0 fully saturated rings. The molecule has 0 bridgehead atoms. The molecule has 6 heteroatoms. The fourth-order valence-corrected chi connectivity index (χ4v) is 1.69. The lowest BCUT2D eigenvalue weighted by molar-refractivity contribution is 0.189. The molecule has 2 aromatic rings. The van der Waals surface area contributed by atoms with Crippen molar-refractivity contribution in [1.29, 1.82) is 0 Å². The second-order valence-corrected chi connectivity index (χ2v) is 3.84. The second-order valence-electron chi connectivity index (χ2n) is 3.84. The monoisotopic (exact) mass is 247 g/mol. The highest BCUT2D eigenvalue weighted by Gasteiger charge is 2.07. The lowest BCUT2D eigenvalue weighted by Crippen LogP contribution is -2.06. The first-order valence-corrected chi connectivity index (χ1v) is 5.87. The average molecular weight is 247 g/mol. The van der Waals surface area contributed by atoms with E-state index in [4.69, 9.17) is 4.74 Å². The summed E-state index contributed by atoms with van der Waals surface area (Å²) in [6, 6.07) is 5.77. The lowest BCUT2D eigenvalue weighted by atomic mass is 10.3. The van der Waals surface area contributed by atoms with E-state index in [1.165, 1.54) is 0 Å². The Bertz CT molecular complexity index is 479. The van der Waals surface area contributed by atoms with E-state index >= 15 is 0 Å². The number of hydrogen-bond acceptors (Lipinski definition) is 5. The molecule has 0 saturated carbocycles. The van der Waals surface area contributed by atoms with Gasteiger partial charge in [-0.1, -0.05) is 0 Å². The van der Waals surface area contributed by atoms with E-state index in [0.29, 0.717) is 0 Å². The first-order valence-electron chi connectivity index (χ1n) is 5.87. The van der Waals surface area contributed by atoms with E-state index in [0.717, 1.165) is 36.8 Å². The van der Waals surface area contributed by atoms with Gasteiger partial charge in [0, 0.05) is 33.5 Å². The van der Waals surface area contributed by atoms with Crippen LogP contribution in [0.5, 0.6) is 0 Å². The van der Waals surface area contributed by atoms with E-state index in [1.807, 2.05) is 29.9 Å². The number of ether oxygens (including phenoxy) is 1. The largest absolute Gasteiger partial charge is 0.385 e. The van der Waals surface area contributed by atoms with Crippen molar-refractivity contribution in [2.45, 2.75) is 13.0 Å². The molecule has 0 spiro atoms. The second kappa shape index (κ2) is 6.11. The SMILES string of the molecule is CNc1ccc(-c2ccnn2CCCOC)nn1. The third kappa shape index (κ3) is 2.84. The molecule has 0 aliphatic carbocycles. The van der Waals surface area contributed by atoms with Crippen LogP contribution in [0.1, 0.15) is 6.42 Å². The molecule has 0 aliphatic heterocycles. The van der Waals surface area contributed by atoms with Crippen molar-refractivity contribution in [1.82, 2.24) is 20.0 Å². The third-order valence-electron chi connectivity index (χ3n) is 2.62. The number of nitrogens with zero attached hydrogens (tertiary/aromatic N) is 4. The van der Waals surface area contributed by atoms with Gasteiger partial charge < -0.3 is 10.1 Å². The zero-order chi connectivity index (χ0) is 12.8. The molecule has 6 nitrogen and oxygen atoms in total. The van der Waals surface area contributed by atoms with Gasteiger partial charge in [0.25, 0.3) is 0 Å². The molecule has 2 aromatic heterocycles. The van der Waals surface area contributed by atoms with Crippen molar-refractivity contribution < 1.29 is 4.74 Å². The molecule has 18 heavy (non-hydrogen) atoms. The van der Waals surface area contributed by atoms with Crippen LogP contribution in [0.3, 0.4) is 0 Å². The summed E-state index contributed by atoms with van der Waals surface area (Å²) in [5.74, 6) is 0.754. The van der Waals surface area contributed by atoms with Gasteiger partial charge in [0.15, 0.2) is 0 Å². The molecule has 0 amide bonds. The van der Waals surface area contributed by atoms with Crippen molar-refractivity contribution in [2.24, 2.45) is 0 Å². The van der Waals surface area contributed by atoms with Crippen LogP contribution in [0, 0.1) is 0 Å². The number of aryl methyl sites for hydroxylation is 1. The van der Waals surface area contributed by atoms with E-state index in [1.54, 1.807) is 13.3 Å². The minimum absolute atomic E-state index is 0.726. The number of hydrogen-bond donors (Lipinski definition) is 1. The predicted molar refractivity (Wildman–Crippen MR) is 69.3 cm³/mol. The van der Waals surface area contributed by atoms with Crippen molar-refractivity contribution in [3.05, 3.63) is 24.4 Å². The minimum atomic E-state index is 0.726. The molecular formula is C12H17N5O. The van der Waals surface area contributed by atoms with Gasteiger partial charge in [-0.3, -0.25) is 4.68 Å². The molecule has 0 radical (unpaired) electrons. The van der Waals surface area contributed by atoms with Crippen molar-refractivity contribution in [2.75, 3.05) is 26.1 Å². The summed E-state index contributed by atoms with van der Waals surface area (Å²) < 4.78 is 6.96. The van der Waals surface area contributed by atoms with Gasteiger partial charge in [-0.25, -0.2) is 0 Å². The number of methoxy groups -OCH3 is 1. The molecule has 2 heterocycles. The number of rotatable bonds is 6. The molecule has 2 rings (SSSR count). The number of aromatic nitrogens is 4. The summed E-state index contributed by atoms with van der Waals surface area (Å²) in [5.41, 5.74) is 1.80. The standard InChI is InChI=1S/C12H17N5O/c1-13-12-5-4-10(15-16-12)11-6-7-14-17(11)8-3-9-18-2/h4-7H,3,8-9H2,1-2H3,(H,13,16). The van der Waals surface area contributed by atoms with Crippen LogP contribution in [0.15, 0.2) is 24.4 Å². The highest BCUT2D eigenvalue weighted by Crippen LogP contribution is 2.16. The maximum absolute atomic E-state index is 5.04. The van der Waals surface area contributed by atoms with Crippen LogP contribution >= 0.6 is 0 Å². The molecule has 0 unspecified atom stereocenters. The van der Waals surface area contributed by atoms with Gasteiger partial charge in [-0.05, 0) is 24.6 Å². The molecule has 0 aliphatic rings. The van der Waals surface area contributed by atoms with Gasteiger partial charge >= 0.3 is 0 Å². The van der Waals surface area contributed by atoms with Gasteiger partial charge in [0.2, 0.25) is 0 Å². The van der Waals surface area contributed by atoms with Crippen LogP contribution in [0.2, 0.25) is 0 Å². The van der Waals surface area contributed by atoms with E-state index < -0.39 is 0 Å². The Morgan fingerprint density at radius 2 is 2.17 bits per heavy atom. The van der Waals surface area contributed by atoms with Crippen LogP contribution in [0.25, 0.3) is 11.4 Å². The van der Waals surface area contributed by atoms with Gasteiger partial charge in [0.1, 0.15) is 11.5 Å². The first-order chi connectivity index (χ1) is 8.85. The lowest BCUT2D eigenvalue weighted by Gasteiger charge is -2.06. The molecule has 0 aromatic carbocycles. The van der Waals surface area contributed by atoms with Crippen molar-refractivity contribution in [3.63, 3.8) is 0 Å². The van der Waals surface area contributed by atoms with Crippen molar-refractivity contribution in [3.8, 4) is 11.4 Å². The predicted octanol–water partition coefficient (Wildman–Crippen LogP) is 1.42. The minimum Gasteiger partial charge on any atom is -0.385 e. The summed E-state index contributed by atoms with van der Waals surface area (Å²) in [5, 5.41) is 15.5. The fraction of sp³-hybridized carbons (Fsp3) is 0.417. The topological polar surface area (TPSA) is 64.9 Å². The molecule has 0 saturated heterocycles. The molecule has 0 atom stereocenters. The fourth-order valence-electron chi connectivity index (χ4n) is 1.69. The Morgan fingerprint density at radius 3 is 2.83 bits per heavy atom. The van der Waals surface area contributed by atoms with E-state index in [-0.39, 0.29) is 0 Å². The highest BCUT2D eigenvalue weighted by atomic mass is 16.5. The molecule has 96 valence electrons. The quantitative estimate of drug-likeness (QED) is 0.782. The Balaban J connectivity index is 2.14. The zero-order valence-corrected chi connectivity index (χ0v) is 10.6. The van der Waals surface area contributed by atoms with Crippen LogP contribution < -0.4 is 5.32 Å². The molecule has 1 N–H and O–H groups in total. The summed E-state index contributed by atoms with van der Waals surface area (Å²) in [4.78, 5) is 0. The van der Waals surface area contributed by atoms with E-state index in [2.05, 4.69) is 20.6 Å². The average Bonchev–Trinajstić information content (AvgIpc) is 2.88. The van der Waals surface area contributed by atoms with Gasteiger partial charge in [0.05, 0.1) is 5.69 Å². The number of nitrogens with one attached hydrogen (secondary N) is 1. The highest BCUT2D eigenvalue weighted by molar-refractivity contribution is 5.54. The molecular weight excluding hydrogens is 230 g/mol. The summed E-state index contributed by atoms with van der Waals surface area (Å²) in [6.45, 7) is 1.54. The Kier molecular flexibility index (Phi) is 4.25. The summed E-state index contributed by atoms with van der Waals surface area (Å²) in [6.07, 6.45) is 2.70. The van der Waals surface area contributed by atoms with Crippen LogP contribution in [0.4, 0.5) is 5.82 Å². The zero-order valence-electron chi connectivity index (χ0n) is 10.6. The Hall–Kier alpha value is -1.95. The summed E-state index contributed by atoms with van der Waals surface area (Å²) >= 11 is 0. The summed E-state index contributed by atoms with van der Waals surface area (Å²) in [7, 11) is 3.52. The normalized spacial score (nSPS) is 10.6. The number of anilines is 1. The van der Waals surface area contributed by atoms with Crippen molar-refractivity contribution >= 4 is 5.82 Å². The maximum Gasteiger partial charge on any atom is 0.148 e. The first kappa shape index (κ1) is 12.5. The Morgan fingerprint density at radius 1 is 1.28 bits per heavy atom. The third-order valence-corrected chi connectivity index (χ3v) is 2.62. The Labute approximate surface area is 106 Å².